The number of carbonyl (C=O) groups is 1. The van der Waals surface area contributed by atoms with Crippen molar-refractivity contribution in [2.24, 2.45) is 0 Å². The standard InChI is InChI=1S/C12H15BrClNO/c1-3-4-7-15(2)12(16)9-5-6-10(13)11(14)8-9/h5-6,8H,3-4,7H2,1-2H3. The average Bonchev–Trinajstić information content (AvgIpc) is 2.28. The van der Waals surface area contributed by atoms with Crippen molar-refractivity contribution in [1.82, 2.24) is 4.90 Å². The zero-order chi connectivity index (χ0) is 12.1. The molecule has 4 heteroatoms. The van der Waals surface area contributed by atoms with Gasteiger partial charge in [0, 0.05) is 23.6 Å². The normalized spacial score (nSPS) is 10.2. The van der Waals surface area contributed by atoms with Crippen molar-refractivity contribution in [3.8, 4) is 0 Å². The van der Waals surface area contributed by atoms with Crippen LogP contribution in [0.25, 0.3) is 0 Å². The fraction of sp³-hybridized carbons (Fsp3) is 0.417. The molecule has 0 spiro atoms. The highest BCUT2D eigenvalue weighted by molar-refractivity contribution is 9.10. The minimum Gasteiger partial charge on any atom is -0.342 e. The second-order valence-corrected chi connectivity index (χ2v) is 4.97. The van der Waals surface area contributed by atoms with Gasteiger partial charge in [-0.1, -0.05) is 24.9 Å². The molecule has 1 aromatic carbocycles. The van der Waals surface area contributed by atoms with Crippen molar-refractivity contribution in [1.29, 1.82) is 0 Å². The monoisotopic (exact) mass is 303 g/mol. The molecular formula is C12H15BrClNO. The molecule has 0 N–H and O–H groups in total. The third-order valence-corrected chi connectivity index (χ3v) is 3.59. The maximum atomic E-state index is 12.0. The van der Waals surface area contributed by atoms with Gasteiger partial charge in [0.2, 0.25) is 0 Å². The molecule has 0 aliphatic carbocycles. The minimum absolute atomic E-state index is 0.0165. The van der Waals surface area contributed by atoms with Crippen LogP contribution >= 0.6 is 27.5 Å². The van der Waals surface area contributed by atoms with Crippen molar-refractivity contribution >= 4 is 33.4 Å². The zero-order valence-electron chi connectivity index (χ0n) is 9.46. The van der Waals surface area contributed by atoms with Crippen molar-refractivity contribution < 1.29 is 4.79 Å². The summed E-state index contributed by atoms with van der Waals surface area (Å²) in [6.45, 7) is 2.89. The van der Waals surface area contributed by atoms with E-state index in [1.807, 2.05) is 7.05 Å². The molecule has 0 atom stereocenters. The van der Waals surface area contributed by atoms with Gasteiger partial charge in [-0.05, 0) is 40.5 Å². The summed E-state index contributed by atoms with van der Waals surface area (Å²) < 4.78 is 0.807. The van der Waals surface area contributed by atoms with E-state index in [1.165, 1.54) is 0 Å². The third-order valence-electron chi connectivity index (χ3n) is 2.36. The van der Waals surface area contributed by atoms with E-state index in [0.717, 1.165) is 23.9 Å². The summed E-state index contributed by atoms with van der Waals surface area (Å²) in [4.78, 5) is 13.7. The smallest absolute Gasteiger partial charge is 0.253 e. The Kier molecular flexibility index (Phi) is 5.29. The lowest BCUT2D eigenvalue weighted by Crippen LogP contribution is -2.27. The number of hydrogen-bond donors (Lipinski definition) is 0. The van der Waals surface area contributed by atoms with E-state index in [-0.39, 0.29) is 5.91 Å². The van der Waals surface area contributed by atoms with Gasteiger partial charge in [-0.25, -0.2) is 0 Å². The quantitative estimate of drug-likeness (QED) is 0.824. The van der Waals surface area contributed by atoms with Gasteiger partial charge in [0.15, 0.2) is 0 Å². The van der Waals surface area contributed by atoms with Crippen LogP contribution in [0, 0.1) is 0 Å². The molecule has 16 heavy (non-hydrogen) atoms. The van der Waals surface area contributed by atoms with Crippen LogP contribution in [0.2, 0.25) is 5.02 Å². The Labute approximate surface area is 110 Å². The van der Waals surface area contributed by atoms with E-state index in [0.29, 0.717) is 10.6 Å². The van der Waals surface area contributed by atoms with Crippen LogP contribution in [-0.4, -0.2) is 24.4 Å². The molecule has 0 saturated heterocycles. The summed E-state index contributed by atoms with van der Waals surface area (Å²) >= 11 is 9.25. The van der Waals surface area contributed by atoms with Gasteiger partial charge >= 0.3 is 0 Å². The molecule has 1 rings (SSSR count). The molecule has 88 valence electrons. The van der Waals surface area contributed by atoms with Crippen molar-refractivity contribution in [2.45, 2.75) is 19.8 Å². The van der Waals surface area contributed by atoms with E-state index < -0.39 is 0 Å². The van der Waals surface area contributed by atoms with Gasteiger partial charge in [0.1, 0.15) is 0 Å². The first-order valence-corrected chi connectivity index (χ1v) is 6.44. The van der Waals surface area contributed by atoms with Gasteiger partial charge in [-0.3, -0.25) is 4.79 Å². The predicted molar refractivity (Wildman–Crippen MR) is 71.0 cm³/mol. The number of unbranched alkanes of at least 4 members (excludes halogenated alkanes) is 1. The van der Waals surface area contributed by atoms with E-state index in [1.54, 1.807) is 23.1 Å². The molecule has 0 radical (unpaired) electrons. The largest absolute Gasteiger partial charge is 0.342 e. The highest BCUT2D eigenvalue weighted by Crippen LogP contribution is 2.23. The van der Waals surface area contributed by atoms with Gasteiger partial charge < -0.3 is 4.90 Å². The van der Waals surface area contributed by atoms with Crippen molar-refractivity contribution in [3.05, 3.63) is 33.3 Å². The van der Waals surface area contributed by atoms with E-state index >= 15 is 0 Å². The van der Waals surface area contributed by atoms with Crippen LogP contribution in [0.1, 0.15) is 30.1 Å². The molecule has 2 nitrogen and oxygen atoms in total. The third kappa shape index (κ3) is 3.49. The Balaban J connectivity index is 2.76. The fourth-order valence-corrected chi connectivity index (χ4v) is 1.77. The SMILES string of the molecule is CCCCN(C)C(=O)c1ccc(Br)c(Cl)c1. The Morgan fingerprint density at radius 1 is 1.50 bits per heavy atom. The minimum atomic E-state index is 0.0165. The van der Waals surface area contributed by atoms with E-state index in [2.05, 4.69) is 22.9 Å². The van der Waals surface area contributed by atoms with Crippen LogP contribution in [0.15, 0.2) is 22.7 Å². The molecule has 0 aromatic heterocycles. The summed E-state index contributed by atoms with van der Waals surface area (Å²) in [7, 11) is 1.81. The molecule has 0 aliphatic rings. The highest BCUT2D eigenvalue weighted by Gasteiger charge is 2.12. The summed E-state index contributed by atoms with van der Waals surface area (Å²) in [5.41, 5.74) is 0.631. The van der Waals surface area contributed by atoms with Gasteiger partial charge in [0.25, 0.3) is 5.91 Å². The van der Waals surface area contributed by atoms with Crippen LogP contribution < -0.4 is 0 Å². The van der Waals surface area contributed by atoms with Crippen LogP contribution in [0.5, 0.6) is 0 Å². The number of benzene rings is 1. The average molecular weight is 305 g/mol. The predicted octanol–water partition coefficient (Wildman–Crippen LogP) is 3.97. The van der Waals surface area contributed by atoms with E-state index in [9.17, 15) is 4.79 Å². The number of halogens is 2. The summed E-state index contributed by atoms with van der Waals surface area (Å²) in [5.74, 6) is 0.0165. The Morgan fingerprint density at radius 2 is 2.19 bits per heavy atom. The summed E-state index contributed by atoms with van der Waals surface area (Å²) in [6, 6.07) is 5.26. The van der Waals surface area contributed by atoms with Gasteiger partial charge in [0.05, 0.1) is 5.02 Å². The lowest BCUT2D eigenvalue weighted by atomic mass is 10.2. The van der Waals surface area contributed by atoms with Crippen LogP contribution in [-0.2, 0) is 0 Å². The van der Waals surface area contributed by atoms with Crippen LogP contribution in [0.3, 0.4) is 0 Å². The Hall–Kier alpha value is -0.540. The molecule has 1 amide bonds. The molecule has 0 unspecified atom stereocenters. The lowest BCUT2D eigenvalue weighted by Gasteiger charge is -2.16. The van der Waals surface area contributed by atoms with Crippen molar-refractivity contribution in [2.75, 3.05) is 13.6 Å². The van der Waals surface area contributed by atoms with Crippen LogP contribution in [0.4, 0.5) is 0 Å². The molecule has 1 aromatic rings. The molecule has 0 fully saturated rings. The van der Waals surface area contributed by atoms with Crippen molar-refractivity contribution in [3.63, 3.8) is 0 Å². The van der Waals surface area contributed by atoms with Gasteiger partial charge in [-0.2, -0.15) is 0 Å². The molecule has 0 heterocycles. The first-order chi connectivity index (χ1) is 7.56. The number of hydrogen-bond acceptors (Lipinski definition) is 1. The summed E-state index contributed by atoms with van der Waals surface area (Å²) in [6.07, 6.45) is 2.10. The molecule has 0 bridgehead atoms. The maximum absolute atomic E-state index is 12.0. The summed E-state index contributed by atoms with van der Waals surface area (Å²) in [5, 5.41) is 0.565. The lowest BCUT2D eigenvalue weighted by molar-refractivity contribution is 0.0793. The molecular weight excluding hydrogens is 289 g/mol. The fourth-order valence-electron chi connectivity index (χ4n) is 1.35. The first-order valence-electron chi connectivity index (χ1n) is 5.26. The second-order valence-electron chi connectivity index (χ2n) is 3.71. The maximum Gasteiger partial charge on any atom is 0.253 e. The number of nitrogens with zero attached hydrogens (tertiary/aromatic N) is 1. The Morgan fingerprint density at radius 3 is 2.75 bits per heavy atom. The molecule has 0 saturated carbocycles. The number of rotatable bonds is 4. The topological polar surface area (TPSA) is 20.3 Å². The molecule has 0 aliphatic heterocycles. The number of carbonyl (C=O) groups excluding carboxylic acids is 1. The van der Waals surface area contributed by atoms with Gasteiger partial charge in [-0.15, -0.1) is 0 Å². The number of amides is 1. The second kappa shape index (κ2) is 6.26. The first kappa shape index (κ1) is 13.5. The van der Waals surface area contributed by atoms with E-state index in [4.69, 9.17) is 11.6 Å². The Bertz CT molecular complexity index is 381. The highest BCUT2D eigenvalue weighted by atomic mass is 79.9. The zero-order valence-corrected chi connectivity index (χ0v) is 11.8.